The molecule has 0 heterocycles. The molecular formula is C13H28N2O6. The van der Waals surface area contributed by atoms with Crippen LogP contribution in [-0.2, 0) is 9.59 Å². The minimum atomic E-state index is -2.27. The molecule has 0 aromatic carbocycles. The van der Waals surface area contributed by atoms with Crippen molar-refractivity contribution in [2.75, 3.05) is 19.6 Å². The Hall–Kier alpha value is -1.22. The Morgan fingerprint density at radius 1 is 1.05 bits per heavy atom. The Bertz CT molecular complexity index is 276. The van der Waals surface area contributed by atoms with Crippen molar-refractivity contribution < 1.29 is 30.0 Å². The maximum atomic E-state index is 9.77. The third-order valence-corrected chi connectivity index (χ3v) is 2.83. The smallest absolute Gasteiger partial charge is 0.335 e. The number of carbonyl (C=O) groups is 2. The van der Waals surface area contributed by atoms with Crippen LogP contribution >= 0.6 is 0 Å². The molecule has 0 spiro atoms. The zero-order valence-corrected chi connectivity index (χ0v) is 12.9. The molecule has 8 nitrogen and oxygen atoms in total. The maximum absolute atomic E-state index is 9.77. The van der Waals surface area contributed by atoms with Crippen molar-refractivity contribution in [2.45, 2.75) is 51.9 Å². The fraction of sp³-hybridized carbons (Fsp3) is 0.846. The van der Waals surface area contributed by atoms with E-state index >= 15 is 0 Å². The number of aliphatic hydroxyl groups is 2. The second kappa shape index (κ2) is 12.5. The van der Waals surface area contributed by atoms with Crippen LogP contribution in [0.2, 0.25) is 0 Å². The van der Waals surface area contributed by atoms with Gasteiger partial charge in [-0.15, -0.1) is 0 Å². The van der Waals surface area contributed by atoms with Gasteiger partial charge in [0.25, 0.3) is 0 Å². The molecule has 0 radical (unpaired) electrons. The molecule has 3 unspecified atom stereocenters. The fourth-order valence-corrected chi connectivity index (χ4v) is 1.45. The molecule has 0 saturated carbocycles. The number of aliphatic hydroxyl groups excluding tert-OH is 2. The van der Waals surface area contributed by atoms with Crippen LogP contribution in [0.15, 0.2) is 0 Å². The SMILES string of the molecule is CCN(CC)CCCC(C)N.O=C(O)C(O)C(O)C(=O)O. The molecule has 0 aromatic rings. The van der Waals surface area contributed by atoms with Gasteiger partial charge in [0.2, 0.25) is 0 Å². The Morgan fingerprint density at radius 2 is 1.43 bits per heavy atom. The molecule has 0 saturated heterocycles. The monoisotopic (exact) mass is 308 g/mol. The van der Waals surface area contributed by atoms with Gasteiger partial charge in [0.1, 0.15) is 0 Å². The van der Waals surface area contributed by atoms with Crippen LogP contribution in [0.25, 0.3) is 0 Å². The van der Waals surface area contributed by atoms with Gasteiger partial charge in [-0.2, -0.15) is 0 Å². The van der Waals surface area contributed by atoms with E-state index < -0.39 is 24.1 Å². The summed E-state index contributed by atoms with van der Waals surface area (Å²) in [6.07, 6.45) is -2.15. The van der Waals surface area contributed by atoms with E-state index in [0.717, 1.165) is 19.5 Å². The first-order valence-corrected chi connectivity index (χ1v) is 6.96. The highest BCUT2D eigenvalue weighted by molar-refractivity contribution is 5.83. The van der Waals surface area contributed by atoms with Crippen molar-refractivity contribution in [1.82, 2.24) is 4.90 Å². The molecule has 0 fully saturated rings. The minimum Gasteiger partial charge on any atom is -0.479 e. The maximum Gasteiger partial charge on any atom is 0.335 e. The van der Waals surface area contributed by atoms with Gasteiger partial charge in [-0.25, -0.2) is 9.59 Å². The normalized spacial score (nSPS) is 14.8. The number of hydrogen-bond acceptors (Lipinski definition) is 6. The first kappa shape index (κ1) is 22.1. The van der Waals surface area contributed by atoms with Crippen molar-refractivity contribution in [3.63, 3.8) is 0 Å². The molecule has 3 atom stereocenters. The average Bonchev–Trinajstić information content (AvgIpc) is 2.42. The summed E-state index contributed by atoms with van der Waals surface area (Å²) in [6, 6.07) is 0.366. The molecule has 0 aromatic heterocycles. The van der Waals surface area contributed by atoms with Gasteiger partial charge in [0, 0.05) is 6.04 Å². The van der Waals surface area contributed by atoms with Crippen molar-refractivity contribution in [3.8, 4) is 0 Å². The first-order valence-electron chi connectivity index (χ1n) is 6.96. The van der Waals surface area contributed by atoms with Gasteiger partial charge < -0.3 is 31.1 Å². The second-order valence-electron chi connectivity index (χ2n) is 4.71. The number of aliphatic carboxylic acids is 2. The summed E-state index contributed by atoms with van der Waals surface area (Å²) >= 11 is 0. The van der Waals surface area contributed by atoms with Crippen LogP contribution in [0.1, 0.15) is 33.6 Å². The highest BCUT2D eigenvalue weighted by Crippen LogP contribution is 1.96. The number of rotatable bonds is 9. The van der Waals surface area contributed by atoms with Crippen molar-refractivity contribution in [1.29, 1.82) is 0 Å². The van der Waals surface area contributed by atoms with Gasteiger partial charge in [0.15, 0.2) is 12.2 Å². The predicted molar refractivity (Wildman–Crippen MR) is 78.0 cm³/mol. The summed E-state index contributed by atoms with van der Waals surface area (Å²) < 4.78 is 0. The number of nitrogens with two attached hydrogens (primary N) is 1. The first-order chi connectivity index (χ1) is 9.67. The van der Waals surface area contributed by atoms with Gasteiger partial charge >= 0.3 is 11.9 Å². The minimum absolute atomic E-state index is 0.366. The lowest BCUT2D eigenvalue weighted by atomic mass is 10.2. The van der Waals surface area contributed by atoms with Gasteiger partial charge in [-0.05, 0) is 39.4 Å². The molecule has 0 aliphatic heterocycles. The number of carboxylic acids is 2. The second-order valence-corrected chi connectivity index (χ2v) is 4.71. The van der Waals surface area contributed by atoms with E-state index in [1.54, 1.807) is 0 Å². The summed E-state index contributed by atoms with van der Waals surface area (Å²) in [6.45, 7) is 10.0. The highest BCUT2D eigenvalue weighted by atomic mass is 16.4. The number of carboxylic acid groups (broad SMARTS) is 2. The molecule has 6 N–H and O–H groups in total. The van der Waals surface area contributed by atoms with E-state index in [4.69, 9.17) is 26.2 Å². The lowest BCUT2D eigenvalue weighted by Gasteiger charge is -2.17. The van der Waals surface area contributed by atoms with Crippen LogP contribution in [-0.4, -0.2) is 75.1 Å². The Morgan fingerprint density at radius 3 is 1.67 bits per heavy atom. The third kappa shape index (κ3) is 12.2. The van der Waals surface area contributed by atoms with Crippen LogP contribution < -0.4 is 5.73 Å². The van der Waals surface area contributed by atoms with E-state index in [9.17, 15) is 9.59 Å². The van der Waals surface area contributed by atoms with Crippen molar-refractivity contribution >= 4 is 11.9 Å². The van der Waals surface area contributed by atoms with E-state index in [0.29, 0.717) is 6.04 Å². The molecule has 0 amide bonds. The van der Waals surface area contributed by atoms with Gasteiger partial charge in [-0.3, -0.25) is 0 Å². The number of hydrogen-bond donors (Lipinski definition) is 5. The van der Waals surface area contributed by atoms with Crippen LogP contribution in [0, 0.1) is 0 Å². The third-order valence-electron chi connectivity index (χ3n) is 2.83. The zero-order chi connectivity index (χ0) is 17.0. The van der Waals surface area contributed by atoms with Crippen LogP contribution in [0.5, 0.6) is 0 Å². The zero-order valence-electron chi connectivity index (χ0n) is 12.9. The molecule has 0 rings (SSSR count). The topological polar surface area (TPSA) is 144 Å². The summed E-state index contributed by atoms with van der Waals surface area (Å²) in [5.74, 6) is -3.54. The molecule has 126 valence electrons. The van der Waals surface area contributed by atoms with Crippen molar-refractivity contribution in [3.05, 3.63) is 0 Å². The summed E-state index contributed by atoms with van der Waals surface area (Å²) in [7, 11) is 0. The standard InChI is InChI=1S/C9H22N2.C4H6O6/c1-4-11(5-2)8-6-7-9(3)10;5-1(3(7)8)2(6)4(9)10/h9H,4-8,10H2,1-3H3;1-2,5-6H,(H,7,8)(H,9,10). The quantitative estimate of drug-likeness (QED) is 0.377. The molecular weight excluding hydrogens is 280 g/mol. The molecule has 0 aliphatic carbocycles. The van der Waals surface area contributed by atoms with Gasteiger partial charge in [-0.1, -0.05) is 13.8 Å². The number of nitrogens with zero attached hydrogens (tertiary/aromatic N) is 1. The van der Waals surface area contributed by atoms with Gasteiger partial charge in [0.05, 0.1) is 0 Å². The predicted octanol–water partition coefficient (Wildman–Crippen LogP) is -0.667. The summed E-state index contributed by atoms with van der Waals surface area (Å²) in [5, 5.41) is 32.5. The molecule has 21 heavy (non-hydrogen) atoms. The summed E-state index contributed by atoms with van der Waals surface area (Å²) in [5.41, 5.74) is 5.64. The van der Waals surface area contributed by atoms with E-state index in [1.165, 1.54) is 13.0 Å². The van der Waals surface area contributed by atoms with E-state index in [1.807, 2.05) is 0 Å². The van der Waals surface area contributed by atoms with E-state index in [2.05, 4.69) is 25.7 Å². The fourth-order valence-electron chi connectivity index (χ4n) is 1.45. The van der Waals surface area contributed by atoms with E-state index in [-0.39, 0.29) is 0 Å². The van der Waals surface area contributed by atoms with Crippen LogP contribution in [0.3, 0.4) is 0 Å². The largest absolute Gasteiger partial charge is 0.479 e. The van der Waals surface area contributed by atoms with Crippen LogP contribution in [0.4, 0.5) is 0 Å². The Kier molecular flexibility index (Phi) is 13.2. The highest BCUT2D eigenvalue weighted by Gasteiger charge is 2.29. The Balaban J connectivity index is 0. The Labute approximate surface area is 125 Å². The summed E-state index contributed by atoms with van der Waals surface area (Å²) in [4.78, 5) is 22.0. The average molecular weight is 308 g/mol. The molecule has 0 bridgehead atoms. The van der Waals surface area contributed by atoms with Crippen molar-refractivity contribution in [2.24, 2.45) is 5.73 Å². The molecule has 8 heteroatoms. The lowest BCUT2D eigenvalue weighted by Crippen LogP contribution is -2.39. The lowest BCUT2D eigenvalue weighted by molar-refractivity contribution is -0.165. The molecule has 0 aliphatic rings.